The number of anilines is 2. The summed E-state index contributed by atoms with van der Waals surface area (Å²) in [7, 11) is 1.60. The third-order valence-corrected chi connectivity index (χ3v) is 5.37. The summed E-state index contributed by atoms with van der Waals surface area (Å²) in [5, 5.41) is 0. The van der Waals surface area contributed by atoms with Gasteiger partial charge in [-0.15, -0.1) is 0 Å². The molecule has 1 saturated heterocycles. The summed E-state index contributed by atoms with van der Waals surface area (Å²) >= 11 is 0. The van der Waals surface area contributed by atoms with Crippen LogP contribution >= 0.6 is 0 Å². The topological polar surface area (TPSA) is 61.5 Å². The summed E-state index contributed by atoms with van der Waals surface area (Å²) in [4.78, 5) is 24.6. The van der Waals surface area contributed by atoms with Gasteiger partial charge >= 0.3 is 0 Å². The van der Waals surface area contributed by atoms with Crippen LogP contribution in [0.15, 0.2) is 59.4 Å². The molecule has 1 aliphatic rings. The molecule has 4 rings (SSSR count). The summed E-state index contributed by atoms with van der Waals surface area (Å²) in [6.45, 7) is 2.85. The van der Waals surface area contributed by atoms with Crippen molar-refractivity contribution in [3.05, 3.63) is 87.6 Å². The van der Waals surface area contributed by atoms with Crippen molar-refractivity contribution < 1.29 is 9.13 Å². The first-order chi connectivity index (χ1) is 14.7. The standard InChI is InChI=1S/C23H25FN4O2/c1-30-16-20-18(15-17-7-3-2-4-8-17)22(29)26-23(25-20)28-13-11-27(12-14-28)21-10-6-5-9-19(21)24/h2-10H,11-16H2,1H3,(H,25,26,29). The number of nitrogens with zero attached hydrogens (tertiary/aromatic N) is 3. The molecule has 1 aliphatic heterocycles. The van der Waals surface area contributed by atoms with Gasteiger partial charge in [0.2, 0.25) is 5.95 Å². The van der Waals surface area contributed by atoms with E-state index in [9.17, 15) is 9.18 Å². The number of methoxy groups -OCH3 is 1. The van der Waals surface area contributed by atoms with Crippen LogP contribution in [-0.4, -0.2) is 43.3 Å². The number of H-pyrrole nitrogens is 1. The number of piperazine rings is 1. The number of ether oxygens (including phenoxy) is 1. The zero-order valence-electron chi connectivity index (χ0n) is 17.0. The van der Waals surface area contributed by atoms with E-state index in [2.05, 4.69) is 4.98 Å². The van der Waals surface area contributed by atoms with Crippen LogP contribution in [0.4, 0.5) is 16.0 Å². The molecular weight excluding hydrogens is 383 g/mol. The third-order valence-electron chi connectivity index (χ3n) is 5.37. The summed E-state index contributed by atoms with van der Waals surface area (Å²) in [6, 6.07) is 16.6. The molecular formula is C23H25FN4O2. The molecule has 0 amide bonds. The number of aromatic amines is 1. The van der Waals surface area contributed by atoms with Gasteiger partial charge in [-0.2, -0.15) is 0 Å². The predicted molar refractivity (Wildman–Crippen MR) is 116 cm³/mol. The summed E-state index contributed by atoms with van der Waals surface area (Å²) in [5.74, 6) is 0.321. The quantitative estimate of drug-likeness (QED) is 0.680. The molecule has 1 fully saturated rings. The smallest absolute Gasteiger partial charge is 0.256 e. The van der Waals surface area contributed by atoms with E-state index in [1.807, 2.05) is 46.2 Å². The maximum atomic E-state index is 14.1. The van der Waals surface area contributed by atoms with Gasteiger partial charge in [0.05, 0.1) is 18.0 Å². The first kappa shape index (κ1) is 20.1. The van der Waals surface area contributed by atoms with Crippen molar-refractivity contribution in [3.63, 3.8) is 0 Å². The first-order valence-electron chi connectivity index (χ1n) is 10.0. The fourth-order valence-electron chi connectivity index (χ4n) is 3.79. The highest BCUT2D eigenvalue weighted by atomic mass is 19.1. The van der Waals surface area contributed by atoms with Crippen molar-refractivity contribution in [3.8, 4) is 0 Å². The van der Waals surface area contributed by atoms with Gasteiger partial charge in [0.1, 0.15) is 5.82 Å². The molecule has 0 spiro atoms. The fraction of sp³-hybridized carbons (Fsp3) is 0.304. The lowest BCUT2D eigenvalue weighted by molar-refractivity contribution is 0.180. The monoisotopic (exact) mass is 408 g/mol. The van der Waals surface area contributed by atoms with Gasteiger partial charge in [0, 0.05) is 45.3 Å². The van der Waals surface area contributed by atoms with Crippen molar-refractivity contribution in [1.29, 1.82) is 0 Å². The number of benzene rings is 2. The Hall–Kier alpha value is -3.19. The molecule has 0 radical (unpaired) electrons. The van der Waals surface area contributed by atoms with Gasteiger partial charge in [-0.25, -0.2) is 9.37 Å². The second-order valence-corrected chi connectivity index (χ2v) is 7.34. The molecule has 0 unspecified atom stereocenters. The van der Waals surface area contributed by atoms with Crippen LogP contribution in [-0.2, 0) is 17.8 Å². The van der Waals surface area contributed by atoms with Gasteiger partial charge in [-0.3, -0.25) is 9.78 Å². The van der Waals surface area contributed by atoms with Crippen molar-refractivity contribution in [2.24, 2.45) is 0 Å². The Labute approximate surface area is 174 Å². The van der Waals surface area contributed by atoms with Crippen molar-refractivity contribution in [2.75, 3.05) is 43.1 Å². The Balaban J connectivity index is 1.54. The lowest BCUT2D eigenvalue weighted by atomic mass is 10.0. The number of hydrogen-bond donors (Lipinski definition) is 1. The van der Waals surface area contributed by atoms with Gasteiger partial charge < -0.3 is 14.5 Å². The second kappa shape index (κ2) is 9.09. The third kappa shape index (κ3) is 4.36. The molecule has 156 valence electrons. The Morgan fingerprint density at radius 2 is 1.67 bits per heavy atom. The number of nitrogens with one attached hydrogen (secondary N) is 1. The average Bonchev–Trinajstić information content (AvgIpc) is 2.77. The second-order valence-electron chi connectivity index (χ2n) is 7.34. The summed E-state index contributed by atoms with van der Waals surface area (Å²) in [5.41, 5.74) is 2.78. The molecule has 30 heavy (non-hydrogen) atoms. The van der Waals surface area contributed by atoms with Crippen LogP contribution < -0.4 is 15.4 Å². The molecule has 7 heteroatoms. The molecule has 0 atom stereocenters. The minimum absolute atomic E-state index is 0.146. The molecule has 1 N–H and O–H groups in total. The number of rotatable bonds is 6. The molecule has 0 bridgehead atoms. The minimum Gasteiger partial charge on any atom is -0.378 e. The van der Waals surface area contributed by atoms with Crippen molar-refractivity contribution in [1.82, 2.24) is 9.97 Å². The van der Waals surface area contributed by atoms with Crippen LogP contribution in [0.5, 0.6) is 0 Å². The number of aromatic nitrogens is 2. The normalized spacial score (nSPS) is 14.2. The Bertz CT molecular complexity index is 1050. The predicted octanol–water partition coefficient (Wildman–Crippen LogP) is 2.97. The largest absolute Gasteiger partial charge is 0.378 e. The Morgan fingerprint density at radius 1 is 1.00 bits per heavy atom. The molecule has 1 aromatic heterocycles. The van der Waals surface area contributed by atoms with E-state index >= 15 is 0 Å². The summed E-state index contributed by atoms with van der Waals surface area (Å²) < 4.78 is 19.4. The lowest BCUT2D eigenvalue weighted by Gasteiger charge is -2.36. The van der Waals surface area contributed by atoms with Crippen LogP contribution in [0.3, 0.4) is 0 Å². The van der Waals surface area contributed by atoms with E-state index in [4.69, 9.17) is 9.72 Å². The zero-order chi connectivity index (χ0) is 20.9. The average molecular weight is 408 g/mol. The van der Waals surface area contributed by atoms with E-state index in [-0.39, 0.29) is 18.0 Å². The van der Waals surface area contributed by atoms with Gasteiger partial charge in [-0.1, -0.05) is 42.5 Å². The van der Waals surface area contributed by atoms with Gasteiger partial charge in [0.25, 0.3) is 5.56 Å². The van der Waals surface area contributed by atoms with Crippen molar-refractivity contribution >= 4 is 11.6 Å². The highest BCUT2D eigenvalue weighted by molar-refractivity contribution is 5.49. The maximum absolute atomic E-state index is 14.1. The van der Waals surface area contributed by atoms with E-state index in [0.29, 0.717) is 55.5 Å². The van der Waals surface area contributed by atoms with E-state index in [1.54, 1.807) is 19.2 Å². The number of para-hydroxylation sites is 1. The van der Waals surface area contributed by atoms with Crippen LogP contribution in [0.1, 0.15) is 16.8 Å². The lowest BCUT2D eigenvalue weighted by Crippen LogP contribution is -2.48. The molecule has 0 aliphatic carbocycles. The SMILES string of the molecule is COCc1nc(N2CCN(c3ccccc3F)CC2)[nH]c(=O)c1Cc1ccccc1. The van der Waals surface area contributed by atoms with E-state index in [1.165, 1.54) is 6.07 Å². The van der Waals surface area contributed by atoms with Gasteiger partial charge in [0.15, 0.2) is 0 Å². The van der Waals surface area contributed by atoms with Gasteiger partial charge in [-0.05, 0) is 17.7 Å². The van der Waals surface area contributed by atoms with Crippen LogP contribution in [0, 0.1) is 5.82 Å². The fourth-order valence-corrected chi connectivity index (χ4v) is 3.79. The highest BCUT2D eigenvalue weighted by Gasteiger charge is 2.22. The Morgan fingerprint density at radius 3 is 2.37 bits per heavy atom. The minimum atomic E-state index is -0.217. The Kier molecular flexibility index (Phi) is 6.09. The molecule has 6 nitrogen and oxygen atoms in total. The van der Waals surface area contributed by atoms with Crippen LogP contribution in [0.2, 0.25) is 0 Å². The van der Waals surface area contributed by atoms with E-state index in [0.717, 1.165) is 5.56 Å². The van der Waals surface area contributed by atoms with E-state index < -0.39 is 0 Å². The molecule has 2 heterocycles. The zero-order valence-corrected chi connectivity index (χ0v) is 17.0. The number of halogens is 1. The van der Waals surface area contributed by atoms with Crippen LogP contribution in [0.25, 0.3) is 0 Å². The first-order valence-corrected chi connectivity index (χ1v) is 10.0. The molecule has 0 saturated carbocycles. The highest BCUT2D eigenvalue weighted by Crippen LogP contribution is 2.22. The molecule has 2 aromatic carbocycles. The maximum Gasteiger partial charge on any atom is 0.256 e. The van der Waals surface area contributed by atoms with Crippen molar-refractivity contribution in [2.45, 2.75) is 13.0 Å². The summed E-state index contributed by atoms with van der Waals surface area (Å²) in [6.07, 6.45) is 0.503. The molecule has 3 aromatic rings. The number of hydrogen-bond acceptors (Lipinski definition) is 5.